The van der Waals surface area contributed by atoms with Gasteiger partial charge in [0, 0.05) is 35.5 Å². The summed E-state index contributed by atoms with van der Waals surface area (Å²) in [6, 6.07) is 11.9. The predicted octanol–water partition coefficient (Wildman–Crippen LogP) is 4.58. The Balaban J connectivity index is 1.46. The Bertz CT molecular complexity index is 1070. The number of hydrogen-bond acceptors (Lipinski definition) is 5. The molecule has 1 fully saturated rings. The average Bonchev–Trinajstić information content (AvgIpc) is 3.10. The van der Waals surface area contributed by atoms with E-state index in [0.29, 0.717) is 49.4 Å². The number of rotatable bonds is 5. The van der Waals surface area contributed by atoms with Crippen molar-refractivity contribution < 1.29 is 23.8 Å². The van der Waals surface area contributed by atoms with Gasteiger partial charge in [0.25, 0.3) is 5.91 Å². The van der Waals surface area contributed by atoms with Crippen LogP contribution in [0.4, 0.5) is 0 Å². The minimum Gasteiger partial charge on any atom is -0.508 e. The molecule has 1 saturated heterocycles. The quantitative estimate of drug-likeness (QED) is 0.626. The predicted molar refractivity (Wildman–Crippen MR) is 113 cm³/mol. The summed E-state index contributed by atoms with van der Waals surface area (Å²) in [5.41, 5.74) is 2.06. The Morgan fingerprint density at radius 3 is 2.50 bits per heavy atom. The maximum atomic E-state index is 13.1. The number of furan rings is 1. The van der Waals surface area contributed by atoms with Gasteiger partial charge in [0.15, 0.2) is 11.5 Å². The van der Waals surface area contributed by atoms with Gasteiger partial charge in [-0.15, -0.1) is 0 Å². The molecule has 3 aromatic rings. The van der Waals surface area contributed by atoms with E-state index < -0.39 is 0 Å². The fraction of sp³-hybridized carbons (Fsp3) is 0.333. The number of piperidine rings is 1. The second-order valence-corrected chi connectivity index (χ2v) is 7.62. The molecule has 0 spiro atoms. The smallest absolute Gasteiger partial charge is 0.289 e. The van der Waals surface area contributed by atoms with Crippen LogP contribution in [0.1, 0.15) is 46.2 Å². The number of hydrogen-bond donors (Lipinski definition) is 1. The molecular formula is C24H25NO5. The number of phenolic OH excluding ortho intramolecular Hbond substituents is 1. The molecule has 0 bridgehead atoms. The lowest BCUT2D eigenvalue weighted by molar-refractivity contribution is 0.0625. The van der Waals surface area contributed by atoms with Crippen LogP contribution >= 0.6 is 0 Å². The number of aryl methyl sites for hydroxylation is 1. The SMILES string of the molecule is CCOc1ccc2oc(C(=O)N3CCC(C(=O)c4ccc(O)cc4)CC3)c(C)c2c1. The average molecular weight is 407 g/mol. The molecule has 1 amide bonds. The van der Waals surface area contributed by atoms with E-state index in [4.69, 9.17) is 9.15 Å². The third kappa shape index (κ3) is 3.77. The molecule has 1 N–H and O–H groups in total. The van der Waals surface area contributed by atoms with Crippen LogP contribution in [0.5, 0.6) is 11.5 Å². The maximum Gasteiger partial charge on any atom is 0.289 e. The fourth-order valence-corrected chi connectivity index (χ4v) is 4.01. The van der Waals surface area contributed by atoms with Crippen molar-refractivity contribution in [3.05, 3.63) is 59.4 Å². The van der Waals surface area contributed by atoms with Crippen molar-refractivity contribution in [1.82, 2.24) is 4.90 Å². The Morgan fingerprint density at radius 1 is 1.13 bits per heavy atom. The van der Waals surface area contributed by atoms with Crippen molar-refractivity contribution in [2.24, 2.45) is 5.92 Å². The minimum absolute atomic E-state index is 0.0606. The Morgan fingerprint density at radius 2 is 1.83 bits per heavy atom. The molecule has 0 atom stereocenters. The van der Waals surface area contributed by atoms with Crippen LogP contribution in [0, 0.1) is 12.8 Å². The van der Waals surface area contributed by atoms with Crippen molar-refractivity contribution in [2.45, 2.75) is 26.7 Å². The summed E-state index contributed by atoms with van der Waals surface area (Å²) in [4.78, 5) is 27.5. The van der Waals surface area contributed by atoms with E-state index >= 15 is 0 Å². The third-order valence-corrected chi connectivity index (χ3v) is 5.72. The lowest BCUT2D eigenvalue weighted by atomic mass is 9.88. The minimum atomic E-state index is -0.141. The molecular weight excluding hydrogens is 382 g/mol. The number of aromatic hydroxyl groups is 1. The monoisotopic (exact) mass is 407 g/mol. The molecule has 30 heavy (non-hydrogen) atoms. The zero-order valence-electron chi connectivity index (χ0n) is 17.2. The van der Waals surface area contributed by atoms with Crippen molar-refractivity contribution in [1.29, 1.82) is 0 Å². The Labute approximate surface area is 175 Å². The van der Waals surface area contributed by atoms with E-state index in [1.54, 1.807) is 17.0 Å². The third-order valence-electron chi connectivity index (χ3n) is 5.72. The van der Waals surface area contributed by atoms with Crippen molar-refractivity contribution in [2.75, 3.05) is 19.7 Å². The number of likely N-dealkylation sites (tertiary alicyclic amines) is 1. The first-order valence-corrected chi connectivity index (χ1v) is 10.3. The van der Waals surface area contributed by atoms with Crippen LogP contribution in [0.25, 0.3) is 11.0 Å². The number of fused-ring (bicyclic) bond motifs is 1. The molecule has 156 valence electrons. The first-order chi connectivity index (χ1) is 14.5. The lowest BCUT2D eigenvalue weighted by Crippen LogP contribution is -2.40. The highest BCUT2D eigenvalue weighted by atomic mass is 16.5. The molecule has 1 aliphatic heterocycles. The number of Topliss-reactive ketones (excluding diaryl/α,β-unsaturated/α-hetero) is 1. The van der Waals surface area contributed by atoms with Gasteiger partial charge in [-0.2, -0.15) is 0 Å². The first-order valence-electron chi connectivity index (χ1n) is 10.3. The fourth-order valence-electron chi connectivity index (χ4n) is 4.01. The van der Waals surface area contributed by atoms with Gasteiger partial charge in [-0.25, -0.2) is 0 Å². The highest BCUT2D eigenvalue weighted by Gasteiger charge is 2.30. The van der Waals surface area contributed by atoms with E-state index in [-0.39, 0.29) is 23.4 Å². The Kier molecular flexibility index (Phi) is 5.48. The number of carbonyl (C=O) groups is 2. The molecule has 0 radical (unpaired) electrons. The largest absolute Gasteiger partial charge is 0.508 e. The zero-order valence-corrected chi connectivity index (χ0v) is 17.2. The van der Waals surface area contributed by atoms with Gasteiger partial charge in [-0.3, -0.25) is 9.59 Å². The summed E-state index contributed by atoms with van der Waals surface area (Å²) in [6.45, 7) is 5.40. The standard InChI is InChI=1S/C24H25NO5/c1-3-29-19-8-9-21-20(14-19)15(2)23(30-21)24(28)25-12-10-17(11-13-25)22(27)16-4-6-18(26)7-5-16/h4-9,14,17,26H,3,10-13H2,1-2H3. The molecule has 0 saturated carbocycles. The highest BCUT2D eigenvalue weighted by molar-refractivity contribution is 6.00. The number of carbonyl (C=O) groups excluding carboxylic acids is 2. The topological polar surface area (TPSA) is 80.0 Å². The van der Waals surface area contributed by atoms with Crippen LogP contribution in [0.3, 0.4) is 0 Å². The van der Waals surface area contributed by atoms with Crippen LogP contribution in [0.15, 0.2) is 46.9 Å². The number of amides is 1. The number of ether oxygens (including phenoxy) is 1. The molecule has 6 heteroatoms. The van der Waals surface area contributed by atoms with E-state index in [0.717, 1.165) is 16.7 Å². The van der Waals surface area contributed by atoms with Crippen LogP contribution in [-0.4, -0.2) is 41.4 Å². The molecule has 0 aliphatic carbocycles. The second-order valence-electron chi connectivity index (χ2n) is 7.62. The van der Waals surface area contributed by atoms with Gasteiger partial charge in [-0.05, 0) is 69.2 Å². The van der Waals surface area contributed by atoms with Crippen molar-refractivity contribution in [3.8, 4) is 11.5 Å². The summed E-state index contributed by atoms with van der Waals surface area (Å²) in [7, 11) is 0. The molecule has 0 unspecified atom stereocenters. The van der Waals surface area contributed by atoms with E-state index in [1.807, 2.05) is 32.0 Å². The normalized spacial score (nSPS) is 14.8. The highest BCUT2D eigenvalue weighted by Crippen LogP contribution is 2.31. The second kappa shape index (κ2) is 8.22. The zero-order chi connectivity index (χ0) is 21.3. The van der Waals surface area contributed by atoms with Gasteiger partial charge in [-0.1, -0.05) is 0 Å². The molecule has 2 heterocycles. The number of ketones is 1. The van der Waals surface area contributed by atoms with Gasteiger partial charge < -0.3 is 19.2 Å². The number of phenols is 1. The van der Waals surface area contributed by atoms with Crippen LogP contribution < -0.4 is 4.74 Å². The first kappa shape index (κ1) is 20.0. The van der Waals surface area contributed by atoms with E-state index in [2.05, 4.69) is 0 Å². The van der Waals surface area contributed by atoms with Gasteiger partial charge in [0.2, 0.25) is 0 Å². The molecule has 6 nitrogen and oxygen atoms in total. The van der Waals surface area contributed by atoms with E-state index in [1.165, 1.54) is 12.1 Å². The number of nitrogens with zero attached hydrogens (tertiary/aromatic N) is 1. The summed E-state index contributed by atoms with van der Waals surface area (Å²) >= 11 is 0. The van der Waals surface area contributed by atoms with Crippen LogP contribution in [-0.2, 0) is 0 Å². The molecule has 1 aliphatic rings. The summed E-state index contributed by atoms with van der Waals surface area (Å²) in [6.07, 6.45) is 1.22. The van der Waals surface area contributed by atoms with Gasteiger partial charge in [0.05, 0.1) is 6.61 Å². The molecule has 1 aromatic heterocycles. The summed E-state index contributed by atoms with van der Waals surface area (Å²) in [5.74, 6) is 1.04. The number of benzene rings is 2. The summed E-state index contributed by atoms with van der Waals surface area (Å²) < 4.78 is 11.4. The van der Waals surface area contributed by atoms with Crippen molar-refractivity contribution >= 4 is 22.7 Å². The molecule has 4 rings (SSSR count). The van der Waals surface area contributed by atoms with E-state index in [9.17, 15) is 14.7 Å². The summed E-state index contributed by atoms with van der Waals surface area (Å²) in [5, 5.41) is 10.3. The maximum absolute atomic E-state index is 13.1. The molecule has 2 aromatic carbocycles. The van der Waals surface area contributed by atoms with Gasteiger partial charge in [0.1, 0.15) is 17.1 Å². The van der Waals surface area contributed by atoms with Crippen LogP contribution in [0.2, 0.25) is 0 Å². The Hall–Kier alpha value is -3.28. The lowest BCUT2D eigenvalue weighted by Gasteiger charge is -2.31. The van der Waals surface area contributed by atoms with Crippen molar-refractivity contribution in [3.63, 3.8) is 0 Å². The van der Waals surface area contributed by atoms with Gasteiger partial charge >= 0.3 is 0 Å².